The Bertz CT molecular complexity index is 859. The van der Waals surface area contributed by atoms with E-state index in [-0.39, 0.29) is 5.56 Å². The standard InChI is InChI=1S/C17H15BrN2OS/c1-12-2-4-13(5-3-12)10-22-11-15-8-17(21)20-9-14(18)6-7-16(20)19-15/h2-9H,10-11H2,1H3. The molecule has 5 heteroatoms. The van der Waals surface area contributed by atoms with E-state index >= 15 is 0 Å². The molecule has 3 aromatic rings. The average molecular weight is 375 g/mol. The molecule has 0 amide bonds. The van der Waals surface area contributed by atoms with Crippen LogP contribution in [0.4, 0.5) is 0 Å². The molecule has 0 saturated heterocycles. The minimum absolute atomic E-state index is 0.0442. The summed E-state index contributed by atoms with van der Waals surface area (Å²) in [6.45, 7) is 2.09. The molecular weight excluding hydrogens is 360 g/mol. The SMILES string of the molecule is Cc1ccc(CSCc2cc(=O)n3cc(Br)ccc3n2)cc1. The summed E-state index contributed by atoms with van der Waals surface area (Å²) >= 11 is 5.13. The molecule has 0 aliphatic rings. The first-order valence-electron chi connectivity index (χ1n) is 6.93. The van der Waals surface area contributed by atoms with Crippen LogP contribution in [0.15, 0.2) is 57.9 Å². The zero-order valence-corrected chi connectivity index (χ0v) is 14.5. The number of pyridine rings is 1. The minimum Gasteiger partial charge on any atom is -0.269 e. The van der Waals surface area contributed by atoms with E-state index in [0.717, 1.165) is 21.7 Å². The average Bonchev–Trinajstić information content (AvgIpc) is 2.50. The molecule has 0 radical (unpaired) electrons. The molecule has 1 aromatic carbocycles. The number of aromatic nitrogens is 2. The van der Waals surface area contributed by atoms with Gasteiger partial charge in [-0.25, -0.2) is 4.98 Å². The van der Waals surface area contributed by atoms with Crippen LogP contribution in [0.3, 0.4) is 0 Å². The van der Waals surface area contributed by atoms with Crippen molar-refractivity contribution in [3.05, 3.63) is 80.3 Å². The van der Waals surface area contributed by atoms with Crippen molar-refractivity contribution in [3.63, 3.8) is 0 Å². The Balaban J connectivity index is 1.73. The highest BCUT2D eigenvalue weighted by Crippen LogP contribution is 2.17. The Morgan fingerprint density at radius 2 is 1.91 bits per heavy atom. The van der Waals surface area contributed by atoms with E-state index in [1.54, 1.807) is 28.4 Å². The minimum atomic E-state index is -0.0442. The van der Waals surface area contributed by atoms with Crippen LogP contribution in [0.2, 0.25) is 0 Å². The van der Waals surface area contributed by atoms with Crippen LogP contribution >= 0.6 is 27.7 Å². The maximum Gasteiger partial charge on any atom is 0.258 e. The second-order valence-corrected chi connectivity index (χ2v) is 7.04. The van der Waals surface area contributed by atoms with E-state index in [1.165, 1.54) is 11.1 Å². The summed E-state index contributed by atoms with van der Waals surface area (Å²) in [6.07, 6.45) is 1.74. The van der Waals surface area contributed by atoms with Crippen LogP contribution in [0, 0.1) is 6.92 Å². The first-order valence-corrected chi connectivity index (χ1v) is 8.88. The number of halogens is 1. The van der Waals surface area contributed by atoms with Gasteiger partial charge in [0.25, 0.3) is 5.56 Å². The maximum absolute atomic E-state index is 12.1. The summed E-state index contributed by atoms with van der Waals surface area (Å²) < 4.78 is 2.42. The number of fused-ring (bicyclic) bond motifs is 1. The summed E-state index contributed by atoms with van der Waals surface area (Å²) in [4.78, 5) is 16.7. The smallest absolute Gasteiger partial charge is 0.258 e. The molecule has 3 rings (SSSR count). The van der Waals surface area contributed by atoms with Crippen LogP contribution in [0.1, 0.15) is 16.8 Å². The van der Waals surface area contributed by atoms with E-state index in [0.29, 0.717) is 5.65 Å². The third kappa shape index (κ3) is 3.59. The van der Waals surface area contributed by atoms with Gasteiger partial charge in [-0.15, -0.1) is 0 Å². The summed E-state index contributed by atoms with van der Waals surface area (Å²) in [6, 6.07) is 13.9. The number of nitrogens with zero attached hydrogens (tertiary/aromatic N) is 2. The summed E-state index contributed by atoms with van der Waals surface area (Å²) in [5.41, 5.74) is 4.02. The highest BCUT2D eigenvalue weighted by molar-refractivity contribution is 9.10. The van der Waals surface area contributed by atoms with Gasteiger partial charge in [-0.3, -0.25) is 9.20 Å². The van der Waals surface area contributed by atoms with Crippen LogP contribution in [-0.4, -0.2) is 9.38 Å². The Morgan fingerprint density at radius 3 is 2.68 bits per heavy atom. The number of aryl methyl sites for hydroxylation is 1. The van der Waals surface area contributed by atoms with Crippen molar-refractivity contribution in [3.8, 4) is 0 Å². The number of rotatable bonds is 4. The Hall–Kier alpha value is -1.59. The zero-order valence-electron chi connectivity index (χ0n) is 12.1. The summed E-state index contributed by atoms with van der Waals surface area (Å²) in [5.74, 6) is 1.65. The fourth-order valence-corrected chi connectivity index (χ4v) is 3.38. The fraction of sp³-hybridized carbons (Fsp3) is 0.176. The molecule has 0 unspecified atom stereocenters. The van der Waals surface area contributed by atoms with Gasteiger partial charge in [-0.2, -0.15) is 11.8 Å². The quantitative estimate of drug-likeness (QED) is 0.686. The second kappa shape index (κ2) is 6.67. The third-order valence-electron chi connectivity index (χ3n) is 3.32. The predicted molar refractivity (Wildman–Crippen MR) is 95.3 cm³/mol. The molecule has 0 fully saturated rings. The molecule has 2 aromatic heterocycles. The number of benzene rings is 1. The molecular formula is C17H15BrN2OS. The third-order valence-corrected chi connectivity index (χ3v) is 4.82. The van der Waals surface area contributed by atoms with Crippen molar-refractivity contribution in [2.45, 2.75) is 18.4 Å². The Kier molecular flexibility index (Phi) is 4.64. The Labute approximate surface area is 141 Å². The second-order valence-electron chi connectivity index (χ2n) is 5.14. The lowest BCUT2D eigenvalue weighted by molar-refractivity contribution is 1.01. The van der Waals surface area contributed by atoms with Gasteiger partial charge in [0.1, 0.15) is 5.65 Å². The van der Waals surface area contributed by atoms with Crippen molar-refractivity contribution < 1.29 is 0 Å². The topological polar surface area (TPSA) is 34.4 Å². The van der Waals surface area contributed by atoms with E-state index < -0.39 is 0 Å². The lowest BCUT2D eigenvalue weighted by atomic mass is 10.2. The molecule has 0 bridgehead atoms. The van der Waals surface area contributed by atoms with Crippen molar-refractivity contribution in [2.75, 3.05) is 0 Å². The Morgan fingerprint density at radius 1 is 1.14 bits per heavy atom. The molecule has 3 nitrogen and oxygen atoms in total. The first kappa shape index (κ1) is 15.3. The number of hydrogen-bond acceptors (Lipinski definition) is 3. The molecule has 0 saturated carbocycles. The van der Waals surface area contributed by atoms with Crippen molar-refractivity contribution in [2.24, 2.45) is 0 Å². The normalized spacial score (nSPS) is 11.0. The molecule has 0 aliphatic carbocycles. The lowest BCUT2D eigenvalue weighted by Crippen LogP contribution is -2.15. The van der Waals surface area contributed by atoms with E-state index in [1.807, 2.05) is 12.1 Å². The maximum atomic E-state index is 12.1. The van der Waals surface area contributed by atoms with Gasteiger partial charge in [-0.1, -0.05) is 29.8 Å². The summed E-state index contributed by atoms with van der Waals surface area (Å²) in [5, 5.41) is 0. The van der Waals surface area contributed by atoms with Gasteiger partial charge in [0, 0.05) is 28.2 Å². The van der Waals surface area contributed by atoms with Gasteiger partial charge in [-0.05, 0) is 40.5 Å². The predicted octanol–water partition coefficient (Wildman–Crippen LogP) is 4.20. The lowest BCUT2D eigenvalue weighted by Gasteiger charge is -2.05. The molecule has 112 valence electrons. The van der Waals surface area contributed by atoms with Crippen molar-refractivity contribution in [1.82, 2.24) is 9.38 Å². The summed E-state index contributed by atoms with van der Waals surface area (Å²) in [7, 11) is 0. The van der Waals surface area contributed by atoms with Crippen molar-refractivity contribution in [1.29, 1.82) is 0 Å². The van der Waals surface area contributed by atoms with E-state index in [2.05, 4.69) is 52.1 Å². The van der Waals surface area contributed by atoms with Crippen LogP contribution in [-0.2, 0) is 11.5 Å². The highest BCUT2D eigenvalue weighted by Gasteiger charge is 2.03. The van der Waals surface area contributed by atoms with Gasteiger partial charge in [0.05, 0.1) is 5.69 Å². The highest BCUT2D eigenvalue weighted by atomic mass is 79.9. The van der Waals surface area contributed by atoms with Gasteiger partial charge >= 0.3 is 0 Å². The fourth-order valence-electron chi connectivity index (χ4n) is 2.16. The van der Waals surface area contributed by atoms with Crippen molar-refractivity contribution >= 4 is 33.3 Å². The van der Waals surface area contributed by atoms with Crippen LogP contribution in [0.5, 0.6) is 0 Å². The van der Waals surface area contributed by atoms with Gasteiger partial charge in [0.15, 0.2) is 0 Å². The monoisotopic (exact) mass is 374 g/mol. The van der Waals surface area contributed by atoms with Gasteiger partial charge < -0.3 is 0 Å². The molecule has 2 heterocycles. The molecule has 0 aliphatic heterocycles. The number of thioether (sulfide) groups is 1. The largest absolute Gasteiger partial charge is 0.269 e. The van der Waals surface area contributed by atoms with E-state index in [4.69, 9.17) is 0 Å². The van der Waals surface area contributed by atoms with E-state index in [9.17, 15) is 4.79 Å². The van der Waals surface area contributed by atoms with Crippen LogP contribution in [0.25, 0.3) is 5.65 Å². The molecule has 0 N–H and O–H groups in total. The van der Waals surface area contributed by atoms with Gasteiger partial charge in [0.2, 0.25) is 0 Å². The zero-order chi connectivity index (χ0) is 15.5. The molecule has 22 heavy (non-hydrogen) atoms. The molecule has 0 spiro atoms. The van der Waals surface area contributed by atoms with Crippen LogP contribution < -0.4 is 5.56 Å². The first-order chi connectivity index (χ1) is 10.6. The molecule has 0 atom stereocenters. The number of hydrogen-bond donors (Lipinski definition) is 0.